The van der Waals surface area contributed by atoms with Crippen LogP contribution < -0.4 is 5.43 Å². The first-order chi connectivity index (χ1) is 3.81. The van der Waals surface area contributed by atoms with Gasteiger partial charge in [0.1, 0.15) is 0 Å². The molecule has 0 saturated heterocycles. The van der Waals surface area contributed by atoms with E-state index in [2.05, 4.69) is 0 Å². The van der Waals surface area contributed by atoms with Gasteiger partial charge in [-0.1, -0.05) is 0 Å². The lowest BCUT2D eigenvalue weighted by Gasteiger charge is -2.18. The Kier molecular flexibility index (Phi) is 4.04. The van der Waals surface area contributed by atoms with Gasteiger partial charge in [-0.15, -0.1) is 4.91 Å². The van der Waals surface area contributed by atoms with Crippen LogP contribution in [0.2, 0.25) is 0 Å². The highest BCUT2D eigenvalue weighted by Crippen LogP contribution is 1.72. The summed E-state index contributed by atoms with van der Waals surface area (Å²) in [7, 11) is 0. The molecule has 0 atom stereocenters. The Morgan fingerprint density at radius 2 is 2.50 bits per heavy atom. The van der Waals surface area contributed by atoms with Crippen molar-refractivity contribution in [2.75, 3.05) is 13.2 Å². The van der Waals surface area contributed by atoms with Gasteiger partial charge in [0, 0.05) is 6.54 Å². The van der Waals surface area contributed by atoms with Crippen LogP contribution in [0, 0.1) is 10.1 Å². The van der Waals surface area contributed by atoms with Crippen LogP contribution >= 0.6 is 0 Å². The zero-order valence-corrected chi connectivity index (χ0v) is 4.07. The van der Waals surface area contributed by atoms with E-state index in [1.807, 2.05) is 10.7 Å². The lowest BCUT2D eigenvalue weighted by Crippen LogP contribution is -2.29. The van der Waals surface area contributed by atoms with Crippen LogP contribution in [0.1, 0.15) is 0 Å². The second kappa shape index (κ2) is 4.44. The minimum atomic E-state index is -0.254. The van der Waals surface area contributed by atoms with Crippen molar-refractivity contribution >= 4 is 0 Å². The van der Waals surface area contributed by atoms with Crippen molar-refractivity contribution in [3.05, 3.63) is 10.1 Å². The molecule has 48 valence electrons. The number of hydrazine groups is 1. The zero-order valence-electron chi connectivity index (χ0n) is 4.07. The molecule has 2 N–H and O–H groups in total. The lowest BCUT2D eigenvalue weighted by atomic mass is 10.7. The highest BCUT2D eigenvalue weighted by Gasteiger charge is 1.81. The fourth-order valence-electron chi connectivity index (χ4n) is 0.175. The van der Waals surface area contributed by atoms with E-state index < -0.39 is 0 Å². The molecule has 0 radical (unpaired) electrons. The van der Waals surface area contributed by atoms with E-state index in [9.17, 15) is 10.1 Å². The summed E-state index contributed by atoms with van der Waals surface area (Å²) in [4.78, 5) is 9.23. The van der Waals surface area contributed by atoms with Crippen LogP contribution in [0.25, 0.3) is 0 Å². The van der Waals surface area contributed by atoms with Crippen molar-refractivity contribution in [1.82, 2.24) is 10.7 Å². The van der Waals surface area contributed by atoms with Crippen molar-refractivity contribution in [1.29, 1.82) is 0 Å². The molecular formula is C2H6N3O3-. The average molecular weight is 120 g/mol. The number of aliphatic hydroxyl groups is 1. The van der Waals surface area contributed by atoms with Crippen LogP contribution in [0.15, 0.2) is 5.29 Å². The van der Waals surface area contributed by atoms with Gasteiger partial charge in [0.05, 0.1) is 11.9 Å². The van der Waals surface area contributed by atoms with Gasteiger partial charge in [-0.2, -0.15) is 0 Å². The summed E-state index contributed by atoms with van der Waals surface area (Å²) < 4.78 is 0. The number of nitrogens with one attached hydrogen (secondary N) is 1. The van der Waals surface area contributed by atoms with Gasteiger partial charge < -0.3 is 10.3 Å². The minimum absolute atomic E-state index is 0.0369. The molecule has 0 aliphatic rings. The van der Waals surface area contributed by atoms with E-state index in [1.165, 1.54) is 0 Å². The van der Waals surface area contributed by atoms with Crippen LogP contribution in [-0.2, 0) is 0 Å². The summed E-state index contributed by atoms with van der Waals surface area (Å²) in [6.07, 6.45) is 0. The summed E-state index contributed by atoms with van der Waals surface area (Å²) in [5.74, 6) is 0. The number of hydrogen-bond acceptors (Lipinski definition) is 5. The molecule has 0 rings (SSSR count). The molecule has 0 unspecified atom stereocenters. The first kappa shape index (κ1) is 7.28. The highest BCUT2D eigenvalue weighted by molar-refractivity contribution is 4.40. The molecule has 6 nitrogen and oxygen atoms in total. The Morgan fingerprint density at radius 3 is 2.88 bits per heavy atom. The monoisotopic (exact) mass is 120 g/mol. The molecule has 0 aliphatic carbocycles. The first-order valence-electron chi connectivity index (χ1n) is 1.96. The second-order valence-corrected chi connectivity index (χ2v) is 0.986. The maximum atomic E-state index is 9.79. The Balaban J connectivity index is 2.98. The predicted octanol–water partition coefficient (Wildman–Crippen LogP) is -1.04. The second-order valence-electron chi connectivity index (χ2n) is 0.986. The van der Waals surface area contributed by atoms with Crippen molar-refractivity contribution in [2.24, 2.45) is 5.29 Å². The number of hydrogen-bond donors (Lipinski definition) is 2. The molecule has 0 heterocycles. The molecule has 0 bridgehead atoms. The summed E-state index contributed by atoms with van der Waals surface area (Å²) in [6.45, 7) is -0.163. The third-order valence-electron chi connectivity index (χ3n) is 0.433. The topological polar surface area (TPSA) is 88.0 Å². The third-order valence-corrected chi connectivity index (χ3v) is 0.433. The maximum absolute atomic E-state index is 9.79. The van der Waals surface area contributed by atoms with Gasteiger partial charge in [-0.25, -0.2) is 5.43 Å². The van der Waals surface area contributed by atoms with Crippen LogP contribution in [0.3, 0.4) is 0 Å². The highest BCUT2D eigenvalue weighted by atomic mass is 16.6. The lowest BCUT2D eigenvalue weighted by molar-refractivity contribution is 0.222. The first-order valence-corrected chi connectivity index (χ1v) is 1.96. The average Bonchev–Trinajstić information content (AvgIpc) is 1.83. The number of nitrogens with zero attached hydrogens (tertiary/aromatic N) is 2. The third kappa shape index (κ3) is 3.47. The number of aliphatic hydroxyl groups excluding tert-OH is 1. The van der Waals surface area contributed by atoms with Crippen LogP contribution in [-0.4, -0.2) is 23.5 Å². The molecule has 6 heteroatoms. The van der Waals surface area contributed by atoms with Gasteiger partial charge in [0.15, 0.2) is 0 Å². The summed E-state index contributed by atoms with van der Waals surface area (Å²) in [5, 5.41) is 19.5. The molecule has 0 aromatic carbocycles. The van der Waals surface area contributed by atoms with Gasteiger partial charge >= 0.3 is 0 Å². The Labute approximate surface area is 45.6 Å². The smallest absolute Gasteiger partial charge is 0.0576 e. The summed E-state index contributed by atoms with van der Waals surface area (Å²) in [5.41, 5.74) is 1.93. The largest absolute Gasteiger partial charge is 0.724 e. The Hall–Kier alpha value is -0.720. The van der Waals surface area contributed by atoms with Crippen molar-refractivity contribution in [2.45, 2.75) is 0 Å². The molecule has 0 aliphatic heterocycles. The zero-order chi connectivity index (χ0) is 6.41. The molecular weight excluding hydrogens is 114 g/mol. The van der Waals surface area contributed by atoms with Crippen molar-refractivity contribution in [3.63, 3.8) is 0 Å². The molecule has 0 fully saturated rings. The van der Waals surface area contributed by atoms with Gasteiger partial charge in [0.25, 0.3) is 0 Å². The van der Waals surface area contributed by atoms with Crippen molar-refractivity contribution in [3.8, 4) is 0 Å². The minimum Gasteiger partial charge on any atom is -0.724 e. The summed E-state index contributed by atoms with van der Waals surface area (Å²) >= 11 is 0. The van der Waals surface area contributed by atoms with Gasteiger partial charge in [0.2, 0.25) is 0 Å². The fraction of sp³-hybridized carbons (Fsp3) is 1.00. The fourth-order valence-corrected chi connectivity index (χ4v) is 0.175. The van der Waals surface area contributed by atoms with E-state index in [-0.39, 0.29) is 18.4 Å². The number of nitroso groups, excluding NO2 is 1. The predicted molar refractivity (Wildman–Crippen MR) is 26.1 cm³/mol. The maximum Gasteiger partial charge on any atom is 0.0576 e. The standard InChI is InChI=1S/C2H6N3O3/c6-2-1-3-5(8)4-7/h3,6H,1-2H2/q-1. The molecule has 0 saturated carbocycles. The Bertz CT molecular complexity index is 67.5. The van der Waals surface area contributed by atoms with Crippen LogP contribution in [0.4, 0.5) is 0 Å². The quantitative estimate of drug-likeness (QED) is 0.365. The van der Waals surface area contributed by atoms with E-state index in [0.29, 0.717) is 0 Å². The van der Waals surface area contributed by atoms with E-state index >= 15 is 0 Å². The summed E-state index contributed by atoms with van der Waals surface area (Å²) in [6, 6.07) is 0. The molecule has 0 spiro atoms. The number of rotatable bonds is 4. The Morgan fingerprint density at radius 1 is 1.88 bits per heavy atom. The SMILES string of the molecule is O=NN([O-])NCCO. The van der Waals surface area contributed by atoms with Crippen LogP contribution in [0.5, 0.6) is 0 Å². The normalized spacial score (nSPS) is 8.75. The molecule has 0 amide bonds. The van der Waals surface area contributed by atoms with E-state index in [0.717, 1.165) is 0 Å². The van der Waals surface area contributed by atoms with Crippen molar-refractivity contribution < 1.29 is 5.11 Å². The van der Waals surface area contributed by atoms with Gasteiger partial charge in [-0.05, 0) is 0 Å². The van der Waals surface area contributed by atoms with E-state index in [4.69, 9.17) is 5.11 Å². The van der Waals surface area contributed by atoms with E-state index in [1.54, 1.807) is 0 Å². The molecule has 0 aromatic rings. The van der Waals surface area contributed by atoms with Gasteiger partial charge in [-0.3, -0.25) is 5.28 Å². The molecule has 0 aromatic heterocycles. The molecule has 8 heavy (non-hydrogen) atoms.